The predicted molar refractivity (Wildman–Crippen MR) is 73.2 cm³/mol. The first-order valence-electron chi connectivity index (χ1n) is 6.19. The molecule has 3 heteroatoms. The van der Waals surface area contributed by atoms with E-state index in [1.165, 1.54) is 0 Å². The minimum absolute atomic E-state index is 0.250. The fraction of sp³-hybridized carbons (Fsp3) is 0.467. The molecule has 1 saturated heterocycles. The Bertz CT molecular complexity index is 453. The second kappa shape index (κ2) is 6.68. The van der Waals surface area contributed by atoms with Gasteiger partial charge >= 0.3 is 0 Å². The van der Waals surface area contributed by atoms with Crippen molar-refractivity contribution in [2.45, 2.75) is 25.9 Å². The van der Waals surface area contributed by atoms with Crippen LogP contribution < -0.4 is 4.74 Å². The van der Waals surface area contributed by atoms with Crippen molar-refractivity contribution in [1.82, 2.24) is 0 Å². The van der Waals surface area contributed by atoms with Gasteiger partial charge in [-0.2, -0.15) is 0 Å². The molecule has 18 heavy (non-hydrogen) atoms. The lowest BCUT2D eigenvalue weighted by Crippen LogP contribution is -2.16. The van der Waals surface area contributed by atoms with Gasteiger partial charge in [-0.25, -0.2) is 0 Å². The highest BCUT2D eigenvalue weighted by molar-refractivity contribution is 6.19. The summed E-state index contributed by atoms with van der Waals surface area (Å²) in [5.41, 5.74) is 2.06. The molecule has 2 nitrogen and oxygen atoms in total. The fourth-order valence-electron chi connectivity index (χ4n) is 1.98. The number of benzene rings is 1. The standard InChI is InChI=1S/C15H17ClO2/c1-12-10-13(4-2-8-16)6-7-15(12)18-11-14-5-3-9-17-14/h6-7,10,14H,3,5,8-9,11H2,1H3. The summed E-state index contributed by atoms with van der Waals surface area (Å²) in [5.74, 6) is 7.10. The van der Waals surface area contributed by atoms with Crippen molar-refractivity contribution in [2.24, 2.45) is 0 Å². The zero-order valence-electron chi connectivity index (χ0n) is 10.5. The molecule has 1 aromatic carbocycles. The van der Waals surface area contributed by atoms with Gasteiger partial charge in [-0.1, -0.05) is 11.8 Å². The highest BCUT2D eigenvalue weighted by atomic mass is 35.5. The molecule has 0 aliphatic carbocycles. The lowest BCUT2D eigenvalue weighted by atomic mass is 10.1. The Hall–Kier alpha value is -1.17. The summed E-state index contributed by atoms with van der Waals surface area (Å²) in [7, 11) is 0. The van der Waals surface area contributed by atoms with Crippen molar-refractivity contribution < 1.29 is 9.47 Å². The van der Waals surface area contributed by atoms with Gasteiger partial charge in [-0.15, -0.1) is 11.6 Å². The summed E-state index contributed by atoms with van der Waals surface area (Å²) in [6.45, 7) is 3.52. The molecule has 1 fully saturated rings. The minimum atomic E-state index is 0.250. The van der Waals surface area contributed by atoms with Crippen LogP contribution >= 0.6 is 11.6 Å². The molecular formula is C15H17ClO2. The van der Waals surface area contributed by atoms with Crippen molar-refractivity contribution in [2.75, 3.05) is 19.1 Å². The van der Waals surface area contributed by atoms with Crippen molar-refractivity contribution in [3.63, 3.8) is 0 Å². The van der Waals surface area contributed by atoms with Crippen LogP contribution in [0.4, 0.5) is 0 Å². The number of halogens is 1. The van der Waals surface area contributed by atoms with E-state index in [0.29, 0.717) is 12.5 Å². The molecule has 0 spiro atoms. The van der Waals surface area contributed by atoms with Gasteiger partial charge in [-0.05, 0) is 43.5 Å². The smallest absolute Gasteiger partial charge is 0.122 e. The predicted octanol–water partition coefficient (Wildman–Crippen LogP) is 3.14. The van der Waals surface area contributed by atoms with E-state index < -0.39 is 0 Å². The van der Waals surface area contributed by atoms with Crippen molar-refractivity contribution in [3.8, 4) is 17.6 Å². The zero-order chi connectivity index (χ0) is 12.8. The van der Waals surface area contributed by atoms with Crippen LogP contribution in [0.5, 0.6) is 5.75 Å². The van der Waals surface area contributed by atoms with Gasteiger partial charge in [0.15, 0.2) is 0 Å². The van der Waals surface area contributed by atoms with E-state index in [-0.39, 0.29) is 6.10 Å². The molecule has 1 atom stereocenters. The van der Waals surface area contributed by atoms with Gasteiger partial charge in [-0.3, -0.25) is 0 Å². The molecule has 0 radical (unpaired) electrons. The summed E-state index contributed by atoms with van der Waals surface area (Å²) < 4.78 is 11.3. The van der Waals surface area contributed by atoms with Crippen molar-refractivity contribution in [1.29, 1.82) is 0 Å². The number of ether oxygens (including phenoxy) is 2. The normalized spacial score (nSPS) is 18.2. The highest BCUT2D eigenvalue weighted by Crippen LogP contribution is 2.20. The maximum absolute atomic E-state index is 5.78. The SMILES string of the molecule is Cc1cc(C#CCCl)ccc1OCC1CCCO1. The number of aryl methyl sites for hydroxylation is 1. The maximum Gasteiger partial charge on any atom is 0.122 e. The molecule has 1 aliphatic rings. The van der Waals surface area contributed by atoms with Crippen LogP contribution in [0.15, 0.2) is 18.2 Å². The summed E-state index contributed by atoms with van der Waals surface area (Å²) in [5, 5.41) is 0. The van der Waals surface area contributed by atoms with E-state index in [1.54, 1.807) is 0 Å². The molecular weight excluding hydrogens is 248 g/mol. The molecule has 1 aliphatic heterocycles. The van der Waals surface area contributed by atoms with Gasteiger partial charge in [0.1, 0.15) is 12.4 Å². The Kier molecular flexibility index (Phi) is 4.92. The summed E-state index contributed by atoms with van der Waals surface area (Å²) in [6, 6.07) is 5.93. The first-order valence-corrected chi connectivity index (χ1v) is 6.73. The van der Waals surface area contributed by atoms with Crippen LogP contribution in [0.3, 0.4) is 0 Å². The number of hydrogen-bond donors (Lipinski definition) is 0. The summed E-state index contributed by atoms with van der Waals surface area (Å²) in [4.78, 5) is 0. The quantitative estimate of drug-likeness (QED) is 0.617. The number of rotatable bonds is 3. The Balaban J connectivity index is 1.96. The summed E-state index contributed by atoms with van der Waals surface area (Å²) in [6.07, 6.45) is 2.48. The lowest BCUT2D eigenvalue weighted by Gasteiger charge is -2.13. The van der Waals surface area contributed by atoms with Crippen LogP contribution in [0.1, 0.15) is 24.0 Å². The van der Waals surface area contributed by atoms with Crippen LogP contribution in [-0.4, -0.2) is 25.2 Å². The Morgan fingerprint density at radius 2 is 2.39 bits per heavy atom. The molecule has 1 aromatic rings. The largest absolute Gasteiger partial charge is 0.491 e. The maximum atomic E-state index is 5.78. The molecule has 0 N–H and O–H groups in total. The Labute approximate surface area is 113 Å². The lowest BCUT2D eigenvalue weighted by molar-refractivity contribution is 0.0677. The molecule has 0 aromatic heterocycles. The van der Waals surface area contributed by atoms with E-state index in [1.807, 2.05) is 25.1 Å². The second-order valence-electron chi connectivity index (χ2n) is 4.36. The summed E-state index contributed by atoms with van der Waals surface area (Å²) >= 11 is 5.53. The molecule has 96 valence electrons. The van der Waals surface area contributed by atoms with Gasteiger partial charge in [0.2, 0.25) is 0 Å². The van der Waals surface area contributed by atoms with Crippen molar-refractivity contribution in [3.05, 3.63) is 29.3 Å². The van der Waals surface area contributed by atoms with E-state index in [2.05, 4.69) is 11.8 Å². The van der Waals surface area contributed by atoms with Crippen LogP contribution in [0.2, 0.25) is 0 Å². The van der Waals surface area contributed by atoms with Gasteiger partial charge < -0.3 is 9.47 Å². The van der Waals surface area contributed by atoms with E-state index in [4.69, 9.17) is 21.1 Å². The zero-order valence-corrected chi connectivity index (χ0v) is 11.3. The van der Waals surface area contributed by atoms with Gasteiger partial charge in [0, 0.05) is 12.2 Å². The molecule has 0 saturated carbocycles. The average Bonchev–Trinajstić information content (AvgIpc) is 2.88. The molecule has 2 rings (SSSR count). The van der Waals surface area contributed by atoms with E-state index in [0.717, 1.165) is 36.3 Å². The highest BCUT2D eigenvalue weighted by Gasteiger charge is 2.16. The number of hydrogen-bond acceptors (Lipinski definition) is 2. The Morgan fingerprint density at radius 1 is 1.50 bits per heavy atom. The fourth-order valence-corrected chi connectivity index (χ4v) is 2.05. The second-order valence-corrected chi connectivity index (χ2v) is 4.63. The molecule has 0 amide bonds. The third kappa shape index (κ3) is 3.66. The third-order valence-corrected chi connectivity index (χ3v) is 3.06. The van der Waals surface area contributed by atoms with Crippen molar-refractivity contribution >= 4 is 11.6 Å². The third-order valence-electron chi connectivity index (χ3n) is 2.92. The van der Waals surface area contributed by atoms with Gasteiger partial charge in [0.05, 0.1) is 12.0 Å². The van der Waals surface area contributed by atoms with E-state index in [9.17, 15) is 0 Å². The molecule has 1 heterocycles. The molecule has 1 unspecified atom stereocenters. The Morgan fingerprint density at radius 3 is 3.06 bits per heavy atom. The average molecular weight is 265 g/mol. The molecule has 0 bridgehead atoms. The first kappa shape index (κ1) is 13.3. The van der Waals surface area contributed by atoms with Crippen LogP contribution in [-0.2, 0) is 4.74 Å². The van der Waals surface area contributed by atoms with Gasteiger partial charge in [0.25, 0.3) is 0 Å². The topological polar surface area (TPSA) is 18.5 Å². The van der Waals surface area contributed by atoms with Crippen LogP contribution in [0.25, 0.3) is 0 Å². The minimum Gasteiger partial charge on any atom is -0.491 e. The number of alkyl halides is 1. The first-order chi connectivity index (χ1) is 8.79. The van der Waals surface area contributed by atoms with E-state index >= 15 is 0 Å². The monoisotopic (exact) mass is 264 g/mol. The van der Waals surface area contributed by atoms with Crippen LogP contribution in [0, 0.1) is 18.8 Å².